The van der Waals surface area contributed by atoms with Gasteiger partial charge in [0, 0.05) is 21.8 Å². The second-order valence-corrected chi connectivity index (χ2v) is 9.08. The first-order valence-corrected chi connectivity index (χ1v) is 12.5. The minimum Gasteiger partial charge on any atom is -0.502 e. The summed E-state index contributed by atoms with van der Waals surface area (Å²) in [7, 11) is 4.46. The number of aromatic hydroxyl groups is 1. The number of halogens is 1. The predicted molar refractivity (Wildman–Crippen MR) is 146 cm³/mol. The molecular formula is C26H24ClN5O5S. The Kier molecular flexibility index (Phi) is 8.72. The number of nitrogens with one attached hydrogen (secondary N) is 1. The van der Waals surface area contributed by atoms with Crippen molar-refractivity contribution >= 4 is 35.5 Å². The molecule has 1 heterocycles. The number of hydrogen-bond acceptors (Lipinski definition) is 9. The smallest absolute Gasteiger partial charge is 0.250 e. The van der Waals surface area contributed by atoms with E-state index in [0.717, 1.165) is 17.0 Å². The van der Waals surface area contributed by atoms with Crippen LogP contribution in [0.1, 0.15) is 5.56 Å². The lowest BCUT2D eigenvalue weighted by molar-refractivity contribution is -0.118. The fourth-order valence-corrected chi connectivity index (χ4v) is 4.31. The largest absolute Gasteiger partial charge is 0.502 e. The molecule has 196 valence electrons. The molecule has 0 saturated heterocycles. The van der Waals surface area contributed by atoms with E-state index in [0.29, 0.717) is 21.6 Å². The van der Waals surface area contributed by atoms with E-state index in [1.807, 2.05) is 41.0 Å². The highest BCUT2D eigenvalue weighted by Crippen LogP contribution is 2.36. The van der Waals surface area contributed by atoms with Gasteiger partial charge in [0.1, 0.15) is 5.75 Å². The van der Waals surface area contributed by atoms with Crippen molar-refractivity contribution in [2.45, 2.75) is 5.16 Å². The van der Waals surface area contributed by atoms with Gasteiger partial charge in [0.2, 0.25) is 5.75 Å². The first-order chi connectivity index (χ1) is 18.4. The van der Waals surface area contributed by atoms with Crippen LogP contribution in [-0.2, 0) is 4.79 Å². The Morgan fingerprint density at radius 3 is 2.29 bits per heavy atom. The molecule has 0 aliphatic heterocycles. The summed E-state index contributed by atoms with van der Waals surface area (Å²) in [4.78, 5) is 12.5. The lowest BCUT2D eigenvalue weighted by Crippen LogP contribution is -2.20. The molecule has 1 aromatic heterocycles. The summed E-state index contributed by atoms with van der Waals surface area (Å²) in [5.74, 6) is 1.35. The number of carbonyl (C=O) groups is 1. The number of thioether (sulfide) groups is 1. The number of rotatable bonds is 10. The Labute approximate surface area is 228 Å². The summed E-state index contributed by atoms with van der Waals surface area (Å²) in [6.45, 7) is 0. The second-order valence-electron chi connectivity index (χ2n) is 7.70. The standard InChI is InChI=1S/C26H24ClN5O5S/c1-35-20-10-4-17(5-11-20)25-30-31-26(32(25)19-8-6-18(27)7-9-19)38-15-23(33)29-28-14-16-12-21(36-2)24(34)22(13-16)37-3/h4-14,34H,15H2,1-3H3,(H,29,33). The molecule has 38 heavy (non-hydrogen) atoms. The van der Waals surface area contributed by atoms with E-state index < -0.39 is 0 Å². The molecule has 10 nitrogen and oxygen atoms in total. The van der Waals surface area contributed by atoms with E-state index >= 15 is 0 Å². The average molecular weight is 554 g/mol. The minimum absolute atomic E-state index is 0.0356. The molecule has 0 atom stereocenters. The molecule has 0 radical (unpaired) electrons. The third kappa shape index (κ3) is 6.18. The molecule has 4 rings (SSSR count). The predicted octanol–water partition coefficient (Wildman–Crippen LogP) is 4.56. The van der Waals surface area contributed by atoms with Crippen LogP contribution < -0.4 is 19.6 Å². The number of phenols is 1. The Morgan fingerprint density at radius 2 is 1.68 bits per heavy atom. The molecule has 4 aromatic rings. The van der Waals surface area contributed by atoms with Crippen LogP contribution in [0.2, 0.25) is 5.02 Å². The molecule has 0 bridgehead atoms. The Balaban J connectivity index is 1.50. The van der Waals surface area contributed by atoms with Crippen molar-refractivity contribution in [2.24, 2.45) is 5.10 Å². The van der Waals surface area contributed by atoms with Crippen molar-refractivity contribution < 1.29 is 24.1 Å². The number of aromatic nitrogens is 3. The number of benzene rings is 3. The van der Waals surface area contributed by atoms with E-state index in [9.17, 15) is 9.90 Å². The van der Waals surface area contributed by atoms with Crippen LogP contribution in [0.5, 0.6) is 23.0 Å². The van der Waals surface area contributed by atoms with Gasteiger partial charge in [0.25, 0.3) is 5.91 Å². The van der Waals surface area contributed by atoms with E-state index in [1.165, 1.54) is 32.2 Å². The highest BCUT2D eigenvalue weighted by molar-refractivity contribution is 7.99. The van der Waals surface area contributed by atoms with E-state index in [-0.39, 0.29) is 28.9 Å². The Bertz CT molecular complexity index is 1420. The summed E-state index contributed by atoms with van der Waals surface area (Å²) in [5.41, 5.74) is 4.67. The van der Waals surface area contributed by atoms with Gasteiger partial charge >= 0.3 is 0 Å². The molecule has 0 fully saturated rings. The van der Waals surface area contributed by atoms with Crippen LogP contribution in [-0.4, -0.2) is 59.1 Å². The molecule has 0 aliphatic rings. The summed E-state index contributed by atoms with van der Waals surface area (Å²) >= 11 is 7.30. The van der Waals surface area contributed by atoms with E-state index in [2.05, 4.69) is 20.7 Å². The Morgan fingerprint density at radius 1 is 1.03 bits per heavy atom. The maximum atomic E-state index is 12.5. The molecule has 12 heteroatoms. The normalized spacial score (nSPS) is 10.9. The van der Waals surface area contributed by atoms with Crippen molar-refractivity contribution in [1.82, 2.24) is 20.2 Å². The lowest BCUT2D eigenvalue weighted by atomic mass is 10.2. The fourth-order valence-electron chi connectivity index (χ4n) is 3.44. The third-order valence-corrected chi connectivity index (χ3v) is 6.48. The molecule has 0 saturated carbocycles. The van der Waals surface area contributed by atoms with Crippen LogP contribution in [0.25, 0.3) is 17.1 Å². The first-order valence-electron chi connectivity index (χ1n) is 11.2. The van der Waals surface area contributed by atoms with Crippen LogP contribution in [0.3, 0.4) is 0 Å². The Hall–Kier alpha value is -4.22. The SMILES string of the molecule is COc1ccc(-c2nnc(SCC(=O)NN=Cc3cc(OC)c(O)c(OC)c3)n2-c2ccc(Cl)cc2)cc1. The van der Waals surface area contributed by atoms with E-state index in [1.54, 1.807) is 31.4 Å². The van der Waals surface area contributed by atoms with Crippen molar-refractivity contribution in [2.75, 3.05) is 27.1 Å². The van der Waals surface area contributed by atoms with Gasteiger partial charge in [-0.15, -0.1) is 10.2 Å². The molecule has 2 N–H and O–H groups in total. The molecule has 1 amide bonds. The highest BCUT2D eigenvalue weighted by atomic mass is 35.5. The number of hydrogen-bond donors (Lipinski definition) is 2. The minimum atomic E-state index is -0.347. The highest BCUT2D eigenvalue weighted by Gasteiger charge is 2.18. The van der Waals surface area contributed by atoms with Crippen molar-refractivity contribution in [3.8, 4) is 40.1 Å². The summed E-state index contributed by atoms with van der Waals surface area (Å²) in [6, 6.07) is 17.9. The van der Waals surface area contributed by atoms with Gasteiger partial charge in [-0.2, -0.15) is 5.10 Å². The van der Waals surface area contributed by atoms with Crippen LogP contribution >= 0.6 is 23.4 Å². The number of carbonyl (C=O) groups excluding carboxylic acids is 1. The van der Waals surface area contributed by atoms with Gasteiger partial charge in [-0.1, -0.05) is 23.4 Å². The zero-order chi connectivity index (χ0) is 27.1. The maximum absolute atomic E-state index is 12.5. The van der Waals surface area contributed by atoms with Crippen LogP contribution in [0, 0.1) is 0 Å². The number of nitrogens with zero attached hydrogens (tertiary/aromatic N) is 4. The zero-order valence-electron chi connectivity index (χ0n) is 20.7. The molecular weight excluding hydrogens is 530 g/mol. The maximum Gasteiger partial charge on any atom is 0.250 e. The topological polar surface area (TPSA) is 120 Å². The molecule has 0 unspecified atom stereocenters. The lowest BCUT2D eigenvalue weighted by Gasteiger charge is -2.11. The van der Waals surface area contributed by atoms with Crippen LogP contribution in [0.4, 0.5) is 0 Å². The fraction of sp³-hybridized carbons (Fsp3) is 0.154. The molecule has 0 spiro atoms. The number of methoxy groups -OCH3 is 3. The first kappa shape index (κ1) is 26.8. The summed E-state index contributed by atoms with van der Waals surface area (Å²) in [5, 5.41) is 23.8. The van der Waals surface area contributed by atoms with E-state index in [4.69, 9.17) is 25.8 Å². The van der Waals surface area contributed by atoms with Gasteiger partial charge in [-0.3, -0.25) is 9.36 Å². The number of phenolic OH excluding ortho intramolecular Hbond substituents is 1. The van der Waals surface area contributed by atoms with Crippen LogP contribution in [0.15, 0.2) is 70.9 Å². The second kappa shape index (κ2) is 12.3. The monoisotopic (exact) mass is 553 g/mol. The van der Waals surface area contributed by atoms with Crippen molar-refractivity contribution in [3.63, 3.8) is 0 Å². The molecule has 3 aromatic carbocycles. The average Bonchev–Trinajstić information content (AvgIpc) is 3.37. The number of amides is 1. The third-order valence-electron chi connectivity index (χ3n) is 5.30. The molecule has 0 aliphatic carbocycles. The van der Waals surface area contributed by atoms with Crippen molar-refractivity contribution in [3.05, 3.63) is 71.2 Å². The summed E-state index contributed by atoms with van der Waals surface area (Å²) in [6.07, 6.45) is 1.42. The summed E-state index contributed by atoms with van der Waals surface area (Å²) < 4.78 is 17.4. The van der Waals surface area contributed by atoms with Gasteiger partial charge in [0.15, 0.2) is 22.5 Å². The zero-order valence-corrected chi connectivity index (χ0v) is 22.3. The van der Waals surface area contributed by atoms with Gasteiger partial charge < -0.3 is 19.3 Å². The van der Waals surface area contributed by atoms with Gasteiger partial charge in [0.05, 0.1) is 33.3 Å². The van der Waals surface area contributed by atoms with Gasteiger partial charge in [-0.25, -0.2) is 5.43 Å². The van der Waals surface area contributed by atoms with Gasteiger partial charge in [-0.05, 0) is 60.7 Å². The number of ether oxygens (including phenoxy) is 3. The quantitative estimate of drug-likeness (QED) is 0.167. The number of hydrazone groups is 1. The van der Waals surface area contributed by atoms with Crippen molar-refractivity contribution in [1.29, 1.82) is 0 Å².